The molecule has 5 rings (SSSR count). The van der Waals surface area contributed by atoms with Gasteiger partial charge in [-0.3, -0.25) is 15.3 Å². The van der Waals surface area contributed by atoms with Gasteiger partial charge in [-0.05, 0) is 66.1 Å². The lowest BCUT2D eigenvalue weighted by atomic mass is 9.79. The molecule has 55 heavy (non-hydrogen) atoms. The number of carbonyl (C=O) groups is 1. The number of amides is 1. The molecule has 1 saturated heterocycles. The fraction of sp³-hybridized carbons (Fsp3) is 0.452. The van der Waals surface area contributed by atoms with Crippen LogP contribution in [0, 0.1) is 5.92 Å². The standard InChI is InChI=1S/C42H54N2O11/c1-49-38-15-8-6-13-34(38)30-51-20-11-22-52-36-18-16-32(17-19-36)41-35(28-45)26-43(42(46)53-21-9-3-4-10-23-55-44(47)48)27-40(41)54-29-31-24-33-12-5-7-14-37(33)39(25-31)50-2/h5-8,12-19,24-25,35,40-41,45,47-48H,3-4,9-11,20-23,26-30H2,1-2H3. The largest absolute Gasteiger partial charge is 0.496 e. The van der Waals surface area contributed by atoms with Crippen molar-refractivity contribution >= 4 is 16.9 Å². The van der Waals surface area contributed by atoms with Crippen molar-refractivity contribution in [1.29, 1.82) is 0 Å². The van der Waals surface area contributed by atoms with Gasteiger partial charge < -0.3 is 38.4 Å². The molecule has 0 spiro atoms. The predicted octanol–water partition coefficient (Wildman–Crippen LogP) is 7.14. The first-order valence-corrected chi connectivity index (χ1v) is 18.8. The van der Waals surface area contributed by atoms with E-state index in [0.29, 0.717) is 39.2 Å². The molecule has 1 amide bonds. The Kier molecular flexibility index (Phi) is 16.8. The second-order valence-corrected chi connectivity index (χ2v) is 13.5. The molecule has 3 atom stereocenters. The van der Waals surface area contributed by atoms with E-state index >= 15 is 0 Å². The number of hydrogen-bond donors (Lipinski definition) is 3. The zero-order valence-electron chi connectivity index (χ0n) is 31.7. The molecule has 298 valence electrons. The highest BCUT2D eigenvalue weighted by atomic mass is 17.1. The van der Waals surface area contributed by atoms with Crippen LogP contribution in [0.5, 0.6) is 17.2 Å². The maximum absolute atomic E-state index is 13.3. The zero-order chi connectivity index (χ0) is 38.8. The van der Waals surface area contributed by atoms with Crippen molar-refractivity contribution in [1.82, 2.24) is 10.3 Å². The number of unbranched alkanes of at least 4 members (excludes halogenated alkanes) is 3. The smallest absolute Gasteiger partial charge is 0.409 e. The van der Waals surface area contributed by atoms with Crippen LogP contribution in [0.1, 0.15) is 54.7 Å². The number of carbonyl (C=O) groups excluding carboxylic acids is 1. The summed E-state index contributed by atoms with van der Waals surface area (Å²) in [6.07, 6.45) is 2.68. The first kappa shape index (κ1) is 41.7. The first-order chi connectivity index (χ1) is 26.9. The molecule has 0 aromatic heterocycles. The quantitative estimate of drug-likeness (QED) is 0.0552. The maximum Gasteiger partial charge on any atom is 0.409 e. The number of aliphatic hydroxyl groups excluding tert-OH is 1. The molecule has 1 heterocycles. The van der Waals surface area contributed by atoms with Crippen molar-refractivity contribution in [2.45, 2.75) is 57.3 Å². The van der Waals surface area contributed by atoms with Gasteiger partial charge in [0.2, 0.25) is 0 Å². The molecule has 3 unspecified atom stereocenters. The summed E-state index contributed by atoms with van der Waals surface area (Å²) in [5.41, 5.74) is 2.91. The molecule has 1 aliphatic rings. The van der Waals surface area contributed by atoms with Crippen molar-refractivity contribution in [3.63, 3.8) is 0 Å². The minimum atomic E-state index is -0.451. The van der Waals surface area contributed by atoms with Gasteiger partial charge in [-0.15, -0.1) is 0 Å². The fourth-order valence-corrected chi connectivity index (χ4v) is 6.96. The Bertz CT molecular complexity index is 1740. The number of fused-ring (bicyclic) bond motifs is 1. The van der Waals surface area contributed by atoms with Gasteiger partial charge in [0.05, 0.1) is 71.9 Å². The van der Waals surface area contributed by atoms with Crippen LogP contribution in [0.3, 0.4) is 0 Å². The lowest BCUT2D eigenvalue weighted by molar-refractivity contribution is -0.492. The van der Waals surface area contributed by atoms with Crippen LogP contribution in [0.4, 0.5) is 4.79 Å². The summed E-state index contributed by atoms with van der Waals surface area (Å²) in [5, 5.41) is 29.7. The molecule has 13 heteroatoms. The zero-order valence-corrected chi connectivity index (χ0v) is 31.7. The van der Waals surface area contributed by atoms with Gasteiger partial charge in [0, 0.05) is 42.4 Å². The molecule has 3 N–H and O–H groups in total. The number of para-hydroxylation sites is 1. The Morgan fingerprint density at radius 2 is 1.53 bits per heavy atom. The average Bonchev–Trinajstić information content (AvgIpc) is 3.21. The summed E-state index contributed by atoms with van der Waals surface area (Å²) in [5.74, 6) is 1.78. The second kappa shape index (κ2) is 22.2. The molecule has 0 radical (unpaired) electrons. The van der Waals surface area contributed by atoms with Crippen LogP contribution in [-0.4, -0.2) is 98.4 Å². The molecule has 0 aliphatic carbocycles. The molecule has 0 saturated carbocycles. The molecule has 1 aliphatic heterocycles. The van der Waals surface area contributed by atoms with Crippen LogP contribution in [0.15, 0.2) is 84.9 Å². The van der Waals surface area contributed by atoms with Gasteiger partial charge in [0.1, 0.15) is 17.2 Å². The summed E-state index contributed by atoms with van der Waals surface area (Å²) < 4.78 is 35.2. The van der Waals surface area contributed by atoms with Gasteiger partial charge in [-0.2, -0.15) is 0 Å². The van der Waals surface area contributed by atoms with Crippen molar-refractivity contribution in [2.75, 3.05) is 60.3 Å². The predicted molar refractivity (Wildman–Crippen MR) is 204 cm³/mol. The van der Waals surface area contributed by atoms with E-state index in [1.807, 2.05) is 78.9 Å². The van der Waals surface area contributed by atoms with Crippen LogP contribution in [0.25, 0.3) is 10.8 Å². The number of methoxy groups -OCH3 is 2. The van der Waals surface area contributed by atoms with E-state index in [-0.39, 0.29) is 50.2 Å². The van der Waals surface area contributed by atoms with Crippen LogP contribution >= 0.6 is 0 Å². The Hall–Kier alpha value is -4.47. The number of rotatable bonds is 22. The number of likely N-dealkylation sites (tertiary alicyclic amines) is 1. The van der Waals surface area contributed by atoms with Gasteiger partial charge in [0.25, 0.3) is 0 Å². The SMILES string of the molecule is COc1ccccc1COCCCOc1ccc(C2C(CO)CN(C(=O)OCCCCCCON(O)O)CC2OCc2cc(OC)c3ccccc3c2)cc1. The summed E-state index contributed by atoms with van der Waals surface area (Å²) >= 11 is 0. The van der Waals surface area contributed by atoms with Crippen molar-refractivity contribution in [2.24, 2.45) is 5.92 Å². The van der Waals surface area contributed by atoms with Crippen LogP contribution in [0.2, 0.25) is 0 Å². The number of hydrogen-bond acceptors (Lipinski definition) is 12. The maximum atomic E-state index is 13.3. The van der Waals surface area contributed by atoms with E-state index in [9.17, 15) is 9.90 Å². The minimum Gasteiger partial charge on any atom is -0.496 e. The summed E-state index contributed by atoms with van der Waals surface area (Å²) in [7, 11) is 3.30. The minimum absolute atomic E-state index is 0.146. The number of benzene rings is 4. The molecular formula is C42H54N2O11. The summed E-state index contributed by atoms with van der Waals surface area (Å²) in [4.78, 5) is 19.5. The summed E-state index contributed by atoms with van der Waals surface area (Å²) in [6, 6.07) is 27.7. The normalized spacial score (nSPS) is 17.1. The molecular weight excluding hydrogens is 708 g/mol. The Balaban J connectivity index is 1.20. The number of ether oxygens (including phenoxy) is 6. The van der Waals surface area contributed by atoms with Crippen molar-refractivity contribution < 1.29 is 53.6 Å². The van der Waals surface area contributed by atoms with Gasteiger partial charge >= 0.3 is 6.09 Å². The van der Waals surface area contributed by atoms with Gasteiger partial charge in [-0.25, -0.2) is 4.79 Å². The molecule has 0 bridgehead atoms. The number of nitrogens with zero attached hydrogens (tertiary/aromatic N) is 2. The molecule has 4 aromatic rings. The highest BCUT2D eigenvalue weighted by Crippen LogP contribution is 2.37. The van der Waals surface area contributed by atoms with Gasteiger partial charge in [-0.1, -0.05) is 61.0 Å². The van der Waals surface area contributed by atoms with E-state index in [0.717, 1.165) is 64.0 Å². The van der Waals surface area contributed by atoms with Crippen LogP contribution < -0.4 is 14.2 Å². The van der Waals surface area contributed by atoms with Crippen LogP contribution in [-0.2, 0) is 32.3 Å². The van der Waals surface area contributed by atoms with E-state index in [4.69, 9.17) is 38.8 Å². The number of piperidine rings is 1. The topological polar surface area (TPSA) is 149 Å². The second-order valence-electron chi connectivity index (χ2n) is 13.5. The third-order valence-electron chi connectivity index (χ3n) is 9.71. The average molecular weight is 763 g/mol. The molecule has 4 aromatic carbocycles. The Morgan fingerprint density at radius 1 is 0.782 bits per heavy atom. The molecule has 13 nitrogen and oxygen atoms in total. The number of aliphatic hydroxyl groups is 1. The van der Waals surface area contributed by atoms with Crippen molar-refractivity contribution in [3.05, 3.63) is 102 Å². The van der Waals surface area contributed by atoms with E-state index in [1.54, 1.807) is 19.1 Å². The third-order valence-corrected chi connectivity index (χ3v) is 9.71. The van der Waals surface area contributed by atoms with E-state index < -0.39 is 12.2 Å². The highest BCUT2D eigenvalue weighted by molar-refractivity contribution is 5.89. The monoisotopic (exact) mass is 762 g/mol. The van der Waals surface area contributed by atoms with Gasteiger partial charge in [0.15, 0.2) is 0 Å². The van der Waals surface area contributed by atoms with E-state index in [1.165, 1.54) is 0 Å². The third kappa shape index (κ3) is 12.5. The summed E-state index contributed by atoms with van der Waals surface area (Å²) in [6.45, 7) is 2.65. The fourth-order valence-electron chi connectivity index (χ4n) is 6.96. The Labute approximate surface area is 322 Å². The van der Waals surface area contributed by atoms with Crippen molar-refractivity contribution in [3.8, 4) is 17.2 Å². The lowest BCUT2D eigenvalue weighted by Crippen LogP contribution is -2.52. The molecule has 1 fully saturated rings. The van der Waals surface area contributed by atoms with E-state index in [2.05, 4.69) is 10.9 Å². The first-order valence-electron chi connectivity index (χ1n) is 18.8. The highest BCUT2D eigenvalue weighted by Gasteiger charge is 2.40. The lowest BCUT2D eigenvalue weighted by Gasteiger charge is -2.43. The Morgan fingerprint density at radius 3 is 2.29 bits per heavy atom.